The van der Waals surface area contributed by atoms with Gasteiger partial charge in [-0.3, -0.25) is 4.79 Å². The third-order valence-electron chi connectivity index (χ3n) is 3.64. The second-order valence-corrected chi connectivity index (χ2v) is 11.5. The molecule has 112 valence electrons. The van der Waals surface area contributed by atoms with Crippen molar-refractivity contribution in [2.45, 2.75) is 64.3 Å². The number of ether oxygens (including phenoxy) is 1. The number of hydrogen-bond acceptors (Lipinski definition) is 3. The van der Waals surface area contributed by atoms with Gasteiger partial charge in [-0.1, -0.05) is 42.8 Å². The first-order valence-corrected chi connectivity index (χ1v) is 10.5. The topological polar surface area (TPSA) is 35.5 Å². The molecule has 0 aliphatic heterocycles. The van der Waals surface area contributed by atoms with Crippen LogP contribution in [0.3, 0.4) is 0 Å². The van der Waals surface area contributed by atoms with Gasteiger partial charge in [0.1, 0.15) is 0 Å². The van der Waals surface area contributed by atoms with Crippen LogP contribution in [0.15, 0.2) is 11.1 Å². The molecule has 0 aromatic carbocycles. The molecule has 0 aromatic rings. The summed E-state index contributed by atoms with van der Waals surface area (Å²) in [6, 6.07) is 0. The predicted octanol–water partition coefficient (Wildman–Crippen LogP) is 4.63. The molecule has 0 aliphatic rings. The van der Waals surface area contributed by atoms with Crippen LogP contribution < -0.4 is 0 Å². The Hall–Kier alpha value is -0.133. The summed E-state index contributed by atoms with van der Waals surface area (Å²) in [7, 11) is -0.358. The lowest BCUT2D eigenvalue weighted by Crippen LogP contribution is -2.43. The fraction of sp³-hybridized carbons (Fsp3) is 0.786. The molecule has 0 radical (unpaired) electrons. The minimum Gasteiger partial charge on any atom is -0.469 e. The maximum Gasteiger partial charge on any atom is 0.305 e. The van der Waals surface area contributed by atoms with E-state index < -0.39 is 8.32 Å². The summed E-state index contributed by atoms with van der Waals surface area (Å²) >= 11 is 3.31. The number of rotatable bonds is 7. The van der Waals surface area contributed by atoms with Gasteiger partial charge < -0.3 is 9.16 Å². The Morgan fingerprint density at radius 1 is 1.37 bits per heavy atom. The highest BCUT2D eigenvalue weighted by Gasteiger charge is 2.38. The summed E-state index contributed by atoms with van der Waals surface area (Å²) in [4.78, 5) is 13.0. The van der Waals surface area contributed by atoms with E-state index in [0.717, 1.165) is 12.8 Å². The van der Waals surface area contributed by atoms with E-state index in [1.165, 1.54) is 7.11 Å². The summed E-state index contributed by atoms with van der Waals surface area (Å²) < 4.78 is 11.0. The SMILES string of the molecule is COC(=O)CCC[C@@H](/C=C\Br)O[Si](C)(C)C(C)(C)C. The van der Waals surface area contributed by atoms with Gasteiger partial charge in [-0.05, 0) is 36.0 Å². The number of carbonyl (C=O) groups is 1. The molecule has 0 N–H and O–H groups in total. The highest BCUT2D eigenvalue weighted by molar-refractivity contribution is 9.11. The molecule has 0 amide bonds. The average Bonchev–Trinajstić information content (AvgIpc) is 2.27. The van der Waals surface area contributed by atoms with E-state index in [1.807, 2.05) is 11.1 Å². The Balaban J connectivity index is 4.46. The molecule has 0 saturated carbocycles. The lowest BCUT2D eigenvalue weighted by atomic mass is 10.1. The van der Waals surface area contributed by atoms with Crippen molar-refractivity contribution in [3.8, 4) is 0 Å². The summed E-state index contributed by atoms with van der Waals surface area (Å²) in [5, 5.41) is 0.188. The molecule has 0 rings (SSSR count). The van der Waals surface area contributed by atoms with E-state index in [-0.39, 0.29) is 17.1 Å². The number of hydrogen-bond donors (Lipinski definition) is 0. The molecule has 3 nitrogen and oxygen atoms in total. The fourth-order valence-electron chi connectivity index (χ4n) is 1.38. The van der Waals surface area contributed by atoms with Crippen LogP contribution in [0, 0.1) is 0 Å². The Labute approximate surface area is 127 Å². The van der Waals surface area contributed by atoms with Crippen LogP contribution in [0.5, 0.6) is 0 Å². The molecule has 19 heavy (non-hydrogen) atoms. The van der Waals surface area contributed by atoms with Crippen molar-refractivity contribution in [1.29, 1.82) is 0 Å². The zero-order valence-corrected chi connectivity index (χ0v) is 15.5. The van der Waals surface area contributed by atoms with Gasteiger partial charge in [-0.2, -0.15) is 0 Å². The molecule has 0 spiro atoms. The van der Waals surface area contributed by atoms with Gasteiger partial charge in [0.25, 0.3) is 0 Å². The third-order valence-corrected chi connectivity index (χ3v) is 8.45. The first kappa shape index (κ1) is 18.9. The normalized spacial score (nSPS) is 14.7. The van der Waals surface area contributed by atoms with Crippen molar-refractivity contribution in [1.82, 2.24) is 0 Å². The molecule has 0 unspecified atom stereocenters. The van der Waals surface area contributed by atoms with Crippen molar-refractivity contribution in [3.63, 3.8) is 0 Å². The second-order valence-electron chi connectivity index (χ2n) is 6.20. The van der Waals surface area contributed by atoms with Crippen LogP contribution in [0.25, 0.3) is 0 Å². The van der Waals surface area contributed by atoms with Crippen molar-refractivity contribution < 1.29 is 14.0 Å². The van der Waals surface area contributed by atoms with Gasteiger partial charge in [-0.15, -0.1) is 0 Å². The Morgan fingerprint density at radius 2 is 1.95 bits per heavy atom. The molecular formula is C14H27BrO3Si. The van der Waals surface area contributed by atoms with E-state index in [1.54, 1.807) is 0 Å². The van der Waals surface area contributed by atoms with Crippen LogP contribution in [0.2, 0.25) is 18.1 Å². The molecule has 1 atom stereocenters. The highest BCUT2D eigenvalue weighted by Crippen LogP contribution is 2.37. The minimum absolute atomic E-state index is 0.0601. The summed E-state index contributed by atoms with van der Waals surface area (Å²) in [5.41, 5.74) is 0. The van der Waals surface area contributed by atoms with Gasteiger partial charge in [0, 0.05) is 6.42 Å². The summed E-state index contributed by atoms with van der Waals surface area (Å²) in [5.74, 6) is -0.158. The fourth-order valence-corrected chi connectivity index (χ4v) is 3.03. The first-order valence-electron chi connectivity index (χ1n) is 6.65. The lowest BCUT2D eigenvalue weighted by Gasteiger charge is -2.38. The van der Waals surface area contributed by atoms with Gasteiger partial charge >= 0.3 is 5.97 Å². The van der Waals surface area contributed by atoms with Crippen molar-refractivity contribution in [2.24, 2.45) is 0 Å². The molecule has 0 bridgehead atoms. The third kappa shape index (κ3) is 7.27. The smallest absolute Gasteiger partial charge is 0.305 e. The monoisotopic (exact) mass is 350 g/mol. The van der Waals surface area contributed by atoms with E-state index in [0.29, 0.717) is 6.42 Å². The number of halogens is 1. The Kier molecular flexibility index (Phi) is 8.16. The molecule has 5 heteroatoms. The van der Waals surface area contributed by atoms with E-state index >= 15 is 0 Å². The molecule has 0 saturated heterocycles. The van der Waals surface area contributed by atoms with E-state index in [9.17, 15) is 4.79 Å². The first-order chi connectivity index (χ1) is 8.64. The molecular weight excluding hydrogens is 324 g/mol. The van der Waals surface area contributed by atoms with Crippen molar-refractivity contribution in [3.05, 3.63) is 11.1 Å². The maximum atomic E-state index is 11.1. The van der Waals surface area contributed by atoms with E-state index in [4.69, 9.17) is 4.43 Å². The zero-order chi connectivity index (χ0) is 15.1. The van der Waals surface area contributed by atoms with Crippen LogP contribution >= 0.6 is 15.9 Å². The molecule has 0 fully saturated rings. The lowest BCUT2D eigenvalue weighted by molar-refractivity contribution is -0.140. The summed E-state index contributed by atoms with van der Waals surface area (Å²) in [6.07, 6.45) is 4.14. The molecule has 0 aliphatic carbocycles. The van der Waals surface area contributed by atoms with E-state index in [2.05, 4.69) is 54.5 Å². The number of carbonyl (C=O) groups excluding carboxylic acids is 1. The molecule has 0 aromatic heterocycles. The average molecular weight is 351 g/mol. The Morgan fingerprint density at radius 3 is 2.37 bits per heavy atom. The van der Waals surface area contributed by atoms with Gasteiger partial charge in [-0.25, -0.2) is 0 Å². The predicted molar refractivity (Wildman–Crippen MR) is 86.0 cm³/mol. The quantitative estimate of drug-likeness (QED) is 0.496. The molecule has 0 heterocycles. The number of esters is 1. The van der Waals surface area contributed by atoms with Gasteiger partial charge in [0.15, 0.2) is 8.32 Å². The van der Waals surface area contributed by atoms with Gasteiger partial charge in [0.2, 0.25) is 0 Å². The zero-order valence-electron chi connectivity index (χ0n) is 13.0. The van der Waals surface area contributed by atoms with Crippen LogP contribution in [-0.2, 0) is 14.0 Å². The van der Waals surface area contributed by atoms with Gasteiger partial charge in [0.05, 0.1) is 13.2 Å². The standard InChI is InChI=1S/C14H27BrO3Si/c1-14(2,3)19(5,6)18-12(10-11-15)8-7-9-13(16)17-4/h10-12H,7-9H2,1-6H3/b11-10-/t12-/m0/s1. The summed E-state index contributed by atoms with van der Waals surface area (Å²) in [6.45, 7) is 11.2. The highest BCUT2D eigenvalue weighted by atomic mass is 79.9. The van der Waals surface area contributed by atoms with Crippen molar-refractivity contribution in [2.75, 3.05) is 7.11 Å². The minimum atomic E-state index is -1.78. The maximum absolute atomic E-state index is 11.1. The van der Waals surface area contributed by atoms with Crippen molar-refractivity contribution >= 4 is 30.2 Å². The van der Waals surface area contributed by atoms with Crippen LogP contribution in [-0.4, -0.2) is 27.5 Å². The van der Waals surface area contributed by atoms with Crippen LogP contribution in [0.1, 0.15) is 40.0 Å². The second kappa shape index (κ2) is 8.22. The number of methoxy groups -OCH3 is 1. The largest absolute Gasteiger partial charge is 0.469 e. The van der Waals surface area contributed by atoms with Crippen LogP contribution in [0.4, 0.5) is 0 Å². The Bertz CT molecular complexity index is 308.